The van der Waals surface area contributed by atoms with Gasteiger partial charge in [0.05, 0.1) is 0 Å². The van der Waals surface area contributed by atoms with Gasteiger partial charge in [-0.15, -0.1) is 0 Å². The molecular weight excluding hydrogens is 280 g/mol. The predicted molar refractivity (Wildman–Crippen MR) is 82.0 cm³/mol. The molecule has 5 nitrogen and oxygen atoms in total. The van der Waals surface area contributed by atoms with E-state index in [2.05, 4.69) is 6.07 Å². The van der Waals surface area contributed by atoms with Crippen molar-refractivity contribution in [2.75, 3.05) is 32.8 Å². The number of nitrogens with zero attached hydrogens (tertiary/aromatic N) is 1. The number of fused-ring (bicyclic) bond motifs is 1. The maximum absolute atomic E-state index is 12.6. The summed E-state index contributed by atoms with van der Waals surface area (Å²) >= 11 is 0. The van der Waals surface area contributed by atoms with Crippen LogP contribution in [0.4, 0.5) is 0 Å². The zero-order valence-electron chi connectivity index (χ0n) is 12.7. The van der Waals surface area contributed by atoms with Crippen LogP contribution >= 0.6 is 0 Å². The largest absolute Gasteiger partial charge is 0.486 e. The second kappa shape index (κ2) is 5.47. The molecule has 118 valence electrons. The molecule has 3 aliphatic rings. The molecule has 3 unspecified atom stereocenters. The fourth-order valence-electron chi connectivity index (χ4n) is 3.59. The van der Waals surface area contributed by atoms with Crippen LogP contribution in [0.5, 0.6) is 11.5 Å². The second-order valence-corrected chi connectivity index (χ2v) is 6.53. The molecule has 3 atom stereocenters. The number of hydrogen-bond acceptors (Lipinski definition) is 4. The molecule has 1 aromatic carbocycles. The molecular formula is C17H22N2O3. The Morgan fingerprint density at radius 1 is 1.27 bits per heavy atom. The molecule has 2 aliphatic heterocycles. The maximum Gasteiger partial charge on any atom is 0.226 e. The Hall–Kier alpha value is -1.75. The van der Waals surface area contributed by atoms with Crippen molar-refractivity contribution in [1.82, 2.24) is 4.90 Å². The van der Waals surface area contributed by atoms with E-state index in [9.17, 15) is 4.79 Å². The van der Waals surface area contributed by atoms with E-state index >= 15 is 0 Å². The van der Waals surface area contributed by atoms with Crippen molar-refractivity contribution >= 4 is 5.91 Å². The average Bonchev–Trinajstić information content (AvgIpc) is 3.22. The van der Waals surface area contributed by atoms with Crippen molar-refractivity contribution in [1.29, 1.82) is 0 Å². The number of ether oxygens (including phenoxy) is 2. The van der Waals surface area contributed by atoms with E-state index < -0.39 is 0 Å². The van der Waals surface area contributed by atoms with Crippen LogP contribution in [0.25, 0.3) is 0 Å². The van der Waals surface area contributed by atoms with Crippen LogP contribution in [0.2, 0.25) is 0 Å². The van der Waals surface area contributed by atoms with Gasteiger partial charge in [0.15, 0.2) is 11.5 Å². The molecule has 0 radical (unpaired) electrons. The summed E-state index contributed by atoms with van der Waals surface area (Å²) in [5.41, 5.74) is 6.90. The number of carbonyl (C=O) groups excluding carboxylic acids is 1. The maximum atomic E-state index is 12.6. The molecule has 22 heavy (non-hydrogen) atoms. The third-order valence-electron chi connectivity index (χ3n) is 5.03. The van der Waals surface area contributed by atoms with E-state index in [-0.39, 0.29) is 5.92 Å². The molecule has 1 aliphatic carbocycles. The first-order valence-electron chi connectivity index (χ1n) is 8.14. The summed E-state index contributed by atoms with van der Waals surface area (Å²) in [7, 11) is 0. The van der Waals surface area contributed by atoms with Crippen molar-refractivity contribution < 1.29 is 14.3 Å². The van der Waals surface area contributed by atoms with E-state index in [1.54, 1.807) is 0 Å². The first-order valence-corrected chi connectivity index (χ1v) is 8.14. The molecule has 5 heteroatoms. The lowest BCUT2D eigenvalue weighted by molar-refractivity contribution is -0.131. The first kappa shape index (κ1) is 13.9. The first-order chi connectivity index (χ1) is 10.8. The standard InChI is InChI=1S/C17H22N2O3/c18-9-11-3-4-19(10-11)17(20)14-8-13(14)12-1-2-15-16(7-12)22-6-5-21-15/h1-2,7,11,13-14H,3-6,8-10,18H2. The highest BCUT2D eigenvalue weighted by Crippen LogP contribution is 2.50. The van der Waals surface area contributed by atoms with Gasteiger partial charge in [-0.25, -0.2) is 0 Å². The zero-order chi connectivity index (χ0) is 15.1. The number of likely N-dealkylation sites (tertiary alicyclic amines) is 1. The number of carbonyl (C=O) groups is 1. The summed E-state index contributed by atoms with van der Waals surface area (Å²) < 4.78 is 11.2. The molecule has 1 amide bonds. The number of hydrogen-bond donors (Lipinski definition) is 1. The fraction of sp³-hybridized carbons (Fsp3) is 0.588. The minimum atomic E-state index is 0.138. The molecule has 1 saturated heterocycles. The van der Waals surface area contributed by atoms with Crippen molar-refractivity contribution in [3.63, 3.8) is 0 Å². The van der Waals surface area contributed by atoms with Gasteiger partial charge in [0.1, 0.15) is 13.2 Å². The summed E-state index contributed by atoms with van der Waals surface area (Å²) in [5, 5.41) is 0. The SMILES string of the molecule is NCC1CCN(C(=O)C2CC2c2ccc3c(c2)OCCO3)C1. The van der Waals surface area contributed by atoms with Crippen LogP contribution in [0.1, 0.15) is 24.3 Å². The second-order valence-electron chi connectivity index (χ2n) is 6.53. The number of nitrogens with two attached hydrogens (primary N) is 1. The van der Waals surface area contributed by atoms with Crippen LogP contribution in [0.3, 0.4) is 0 Å². The Balaban J connectivity index is 1.42. The topological polar surface area (TPSA) is 64.8 Å². The van der Waals surface area contributed by atoms with Crippen molar-refractivity contribution in [3.05, 3.63) is 23.8 Å². The highest BCUT2D eigenvalue weighted by Gasteiger charge is 2.47. The van der Waals surface area contributed by atoms with Gasteiger partial charge in [0, 0.05) is 19.0 Å². The van der Waals surface area contributed by atoms with Gasteiger partial charge in [-0.2, -0.15) is 0 Å². The number of rotatable bonds is 3. The molecule has 0 spiro atoms. The Morgan fingerprint density at radius 2 is 2.09 bits per heavy atom. The molecule has 1 aromatic rings. The summed E-state index contributed by atoms with van der Waals surface area (Å²) in [4.78, 5) is 14.6. The Labute approximate surface area is 130 Å². The molecule has 1 saturated carbocycles. The summed E-state index contributed by atoms with van der Waals surface area (Å²) in [6.45, 7) is 3.58. The highest BCUT2D eigenvalue weighted by atomic mass is 16.6. The van der Waals surface area contributed by atoms with E-state index in [0.717, 1.165) is 37.4 Å². The van der Waals surface area contributed by atoms with E-state index in [0.29, 0.717) is 37.5 Å². The lowest BCUT2D eigenvalue weighted by Crippen LogP contribution is -2.31. The van der Waals surface area contributed by atoms with Crippen molar-refractivity contribution in [2.24, 2.45) is 17.6 Å². The van der Waals surface area contributed by atoms with Crippen LogP contribution < -0.4 is 15.2 Å². The van der Waals surface area contributed by atoms with Crippen LogP contribution in [0, 0.1) is 11.8 Å². The van der Waals surface area contributed by atoms with Crippen molar-refractivity contribution in [3.8, 4) is 11.5 Å². The number of amides is 1. The van der Waals surface area contributed by atoms with Gasteiger partial charge in [-0.05, 0) is 48.9 Å². The molecule has 2 N–H and O–H groups in total. The lowest BCUT2D eigenvalue weighted by atomic mass is 10.1. The molecule has 0 aromatic heterocycles. The summed E-state index contributed by atoms with van der Waals surface area (Å²) in [6.07, 6.45) is 1.99. The van der Waals surface area contributed by atoms with Gasteiger partial charge >= 0.3 is 0 Å². The molecule has 2 fully saturated rings. The summed E-state index contributed by atoms with van der Waals surface area (Å²) in [6, 6.07) is 6.07. The summed E-state index contributed by atoms with van der Waals surface area (Å²) in [5.74, 6) is 2.88. The fourth-order valence-corrected chi connectivity index (χ4v) is 3.59. The van der Waals surface area contributed by atoms with Gasteiger partial charge in [-0.1, -0.05) is 6.07 Å². The zero-order valence-corrected chi connectivity index (χ0v) is 12.7. The quantitative estimate of drug-likeness (QED) is 0.916. The third kappa shape index (κ3) is 2.43. The Morgan fingerprint density at radius 3 is 2.86 bits per heavy atom. The average molecular weight is 302 g/mol. The highest BCUT2D eigenvalue weighted by molar-refractivity contribution is 5.83. The monoisotopic (exact) mass is 302 g/mol. The van der Waals surface area contributed by atoms with Crippen molar-refractivity contribution in [2.45, 2.75) is 18.8 Å². The van der Waals surface area contributed by atoms with Gasteiger partial charge in [0.25, 0.3) is 0 Å². The van der Waals surface area contributed by atoms with E-state index in [4.69, 9.17) is 15.2 Å². The Kier molecular flexibility index (Phi) is 3.45. The Bertz CT molecular complexity index is 589. The van der Waals surface area contributed by atoms with E-state index in [1.165, 1.54) is 5.56 Å². The molecule has 4 rings (SSSR count). The lowest BCUT2D eigenvalue weighted by Gasteiger charge is -2.19. The van der Waals surface area contributed by atoms with Crippen LogP contribution in [0.15, 0.2) is 18.2 Å². The minimum absolute atomic E-state index is 0.138. The minimum Gasteiger partial charge on any atom is -0.486 e. The third-order valence-corrected chi connectivity index (χ3v) is 5.03. The van der Waals surface area contributed by atoms with Gasteiger partial charge in [0.2, 0.25) is 5.91 Å². The van der Waals surface area contributed by atoms with E-state index in [1.807, 2.05) is 17.0 Å². The molecule has 0 bridgehead atoms. The predicted octanol–water partition coefficient (Wildman–Crippen LogP) is 1.37. The molecule has 2 heterocycles. The van der Waals surface area contributed by atoms with Crippen LogP contribution in [-0.4, -0.2) is 43.7 Å². The van der Waals surface area contributed by atoms with Crippen LogP contribution in [-0.2, 0) is 4.79 Å². The van der Waals surface area contributed by atoms with Gasteiger partial charge < -0.3 is 20.1 Å². The number of benzene rings is 1. The van der Waals surface area contributed by atoms with Gasteiger partial charge in [-0.3, -0.25) is 4.79 Å². The normalized spacial score (nSPS) is 29.5. The smallest absolute Gasteiger partial charge is 0.226 e.